The summed E-state index contributed by atoms with van der Waals surface area (Å²) in [6.07, 6.45) is 1.14. The molecule has 0 bridgehead atoms. The molecule has 7 nitrogen and oxygen atoms in total. The predicted molar refractivity (Wildman–Crippen MR) is 127 cm³/mol. The summed E-state index contributed by atoms with van der Waals surface area (Å²) in [5.74, 6) is 4.09. The maximum atomic E-state index is 12.7. The predicted octanol–water partition coefficient (Wildman–Crippen LogP) is 4.10. The average molecular weight is 476 g/mol. The molecule has 3 N–H and O–H groups in total. The molecule has 2 rings (SSSR count). The Hall–Kier alpha value is -2.57. The van der Waals surface area contributed by atoms with Gasteiger partial charge in [-0.05, 0) is 70.5 Å². The highest BCUT2D eigenvalue weighted by Gasteiger charge is 2.40. The molecule has 9 heteroatoms. The lowest BCUT2D eigenvalue weighted by atomic mass is 9.89. The van der Waals surface area contributed by atoms with Gasteiger partial charge in [0.05, 0.1) is 12.0 Å². The summed E-state index contributed by atoms with van der Waals surface area (Å²) < 4.78 is 15.0. The summed E-state index contributed by atoms with van der Waals surface area (Å²) in [5, 5.41) is 12.5. The number of hydrogen-bond donors (Lipinski definition) is 3. The van der Waals surface area contributed by atoms with Crippen LogP contribution in [0.4, 0.5) is 5.69 Å². The third-order valence-corrected chi connectivity index (χ3v) is 6.54. The molecule has 1 heterocycles. The number of anilines is 1. The molecule has 0 saturated heterocycles. The molecule has 0 spiro atoms. The number of rotatable bonds is 7. The second kappa shape index (κ2) is 10.4. The van der Waals surface area contributed by atoms with Gasteiger partial charge in [-0.15, -0.1) is 10.6 Å². The monoisotopic (exact) mass is 475 g/mol. The highest BCUT2D eigenvalue weighted by molar-refractivity contribution is 7.90. The maximum Gasteiger partial charge on any atom is 0.305 e. The Kier molecular flexibility index (Phi) is 8.32. The largest absolute Gasteiger partial charge is 0.598 e. The van der Waals surface area contributed by atoms with Crippen LogP contribution in [0.3, 0.4) is 0 Å². The van der Waals surface area contributed by atoms with Gasteiger partial charge in [-0.2, -0.15) is 0 Å². The molecule has 0 saturated carbocycles. The lowest BCUT2D eigenvalue weighted by molar-refractivity contribution is -0.138. The van der Waals surface area contributed by atoms with Gasteiger partial charge < -0.3 is 15.0 Å². The summed E-state index contributed by atoms with van der Waals surface area (Å²) in [6, 6.07) is 7.99. The van der Waals surface area contributed by atoms with Gasteiger partial charge in [0, 0.05) is 33.8 Å². The van der Waals surface area contributed by atoms with Crippen LogP contribution in [0.1, 0.15) is 62.7 Å². The first-order valence-electron chi connectivity index (χ1n) is 9.77. The van der Waals surface area contributed by atoms with E-state index in [1.165, 1.54) is 6.20 Å². The van der Waals surface area contributed by atoms with Crippen LogP contribution in [-0.2, 0) is 21.7 Å². The van der Waals surface area contributed by atoms with Crippen LogP contribution in [0.5, 0.6) is 0 Å². The lowest BCUT2D eigenvalue weighted by Crippen LogP contribution is -2.51. The van der Waals surface area contributed by atoms with Crippen LogP contribution in [-0.4, -0.2) is 31.3 Å². The molecule has 170 valence electrons. The highest BCUT2D eigenvalue weighted by Crippen LogP contribution is 2.35. The van der Waals surface area contributed by atoms with Crippen LogP contribution in [0.25, 0.3) is 0 Å². The van der Waals surface area contributed by atoms with E-state index in [9.17, 15) is 19.2 Å². The molecule has 2 atom stereocenters. The number of amides is 1. The molecule has 0 aliphatic carbocycles. The number of hydrogen-bond acceptors (Lipinski definition) is 5. The fourth-order valence-corrected chi connectivity index (χ4v) is 4.04. The minimum atomic E-state index is -1.56. The first-order chi connectivity index (χ1) is 14.9. The number of nitrogens with one attached hydrogen (secondary N) is 2. The van der Waals surface area contributed by atoms with Gasteiger partial charge in [-0.25, -0.2) is 4.98 Å². The second-order valence-corrected chi connectivity index (χ2v) is 10.7. The fraction of sp³-hybridized carbons (Fsp3) is 0.348. The summed E-state index contributed by atoms with van der Waals surface area (Å²) >= 11 is 4.83. The van der Waals surface area contributed by atoms with E-state index < -0.39 is 33.5 Å². The number of benzene rings is 1. The summed E-state index contributed by atoms with van der Waals surface area (Å²) in [5.41, 5.74) is 0.441. The van der Waals surface area contributed by atoms with Crippen LogP contribution < -0.4 is 10.0 Å². The second-order valence-electron chi connectivity index (χ2n) is 8.34. The lowest BCUT2D eigenvalue weighted by Gasteiger charge is -2.35. The van der Waals surface area contributed by atoms with Crippen molar-refractivity contribution in [2.75, 3.05) is 5.32 Å². The molecule has 0 aliphatic heterocycles. The molecule has 2 aromatic rings. The van der Waals surface area contributed by atoms with Gasteiger partial charge in [-0.1, -0.05) is 17.5 Å². The van der Waals surface area contributed by atoms with Crippen LogP contribution >= 0.6 is 11.6 Å². The van der Waals surface area contributed by atoms with Crippen LogP contribution in [0.2, 0.25) is 5.02 Å². The van der Waals surface area contributed by atoms with Crippen molar-refractivity contribution in [2.24, 2.45) is 0 Å². The molecule has 0 fully saturated rings. The molecule has 1 aromatic heterocycles. The topological polar surface area (TPSA) is 114 Å². The highest BCUT2D eigenvalue weighted by atomic mass is 35.5. The SMILES string of the molecule is CC#Cc1ccc(C(=O)Nc2ccc(Cl)c([C@](C)(CC(=O)O)N[S@+]([O-])C(C)(C)C)c2)nc1. The maximum absolute atomic E-state index is 12.7. The van der Waals surface area contributed by atoms with Crippen molar-refractivity contribution in [1.82, 2.24) is 9.71 Å². The summed E-state index contributed by atoms with van der Waals surface area (Å²) in [4.78, 5) is 28.3. The number of pyridine rings is 1. The van der Waals surface area contributed by atoms with Gasteiger partial charge >= 0.3 is 5.97 Å². The van der Waals surface area contributed by atoms with Crippen molar-refractivity contribution < 1.29 is 19.2 Å². The standard InChI is InChI=1S/C23H26ClN3O4S/c1-6-7-15-8-11-19(25-14-15)21(30)26-16-9-10-18(24)17(12-16)23(5,13-20(28)29)27-32(31)22(2,3)4/h8-12,14,27H,13H2,1-5H3,(H,26,30)(H,28,29)/t23-,32+/m0/s1. The fourth-order valence-electron chi connectivity index (χ4n) is 2.81. The Morgan fingerprint density at radius 1 is 1.22 bits per heavy atom. The van der Waals surface area contributed by atoms with Gasteiger partial charge in [0.25, 0.3) is 5.91 Å². The van der Waals surface area contributed by atoms with E-state index in [1.54, 1.807) is 65.0 Å². The number of carboxylic acids is 1. The van der Waals surface area contributed by atoms with Crippen molar-refractivity contribution in [1.29, 1.82) is 0 Å². The number of carbonyl (C=O) groups is 2. The molecule has 0 radical (unpaired) electrons. The zero-order valence-corrected chi connectivity index (χ0v) is 20.1. The molecule has 1 amide bonds. The molecule has 0 aliphatic rings. The zero-order valence-electron chi connectivity index (χ0n) is 18.6. The van der Waals surface area contributed by atoms with Crippen molar-refractivity contribution in [2.45, 2.75) is 51.3 Å². The minimum Gasteiger partial charge on any atom is -0.598 e. The number of nitrogens with zero attached hydrogens (tertiary/aromatic N) is 1. The van der Waals surface area contributed by atoms with E-state index in [4.69, 9.17) is 11.6 Å². The zero-order chi connectivity index (χ0) is 24.1. The third-order valence-electron chi connectivity index (χ3n) is 4.46. The Bertz CT molecular complexity index is 1060. The number of carbonyl (C=O) groups excluding carboxylic acids is 1. The van der Waals surface area contributed by atoms with Crippen molar-refractivity contribution in [3.63, 3.8) is 0 Å². The molecular formula is C23H26ClN3O4S. The smallest absolute Gasteiger partial charge is 0.305 e. The van der Waals surface area contributed by atoms with Gasteiger partial charge in [0.15, 0.2) is 0 Å². The van der Waals surface area contributed by atoms with Gasteiger partial charge in [0.2, 0.25) is 0 Å². The summed E-state index contributed by atoms with van der Waals surface area (Å²) in [6.45, 7) is 8.66. The number of aliphatic carboxylic acids is 1. The van der Waals surface area contributed by atoms with E-state index in [0.29, 0.717) is 16.8 Å². The van der Waals surface area contributed by atoms with E-state index >= 15 is 0 Å². The van der Waals surface area contributed by atoms with Crippen LogP contribution in [0.15, 0.2) is 36.5 Å². The van der Waals surface area contributed by atoms with Crippen molar-refractivity contribution in [3.05, 3.63) is 58.4 Å². The van der Waals surface area contributed by atoms with Crippen molar-refractivity contribution in [3.8, 4) is 11.8 Å². The van der Waals surface area contributed by atoms with E-state index in [2.05, 4.69) is 26.9 Å². The first-order valence-corrected chi connectivity index (χ1v) is 11.3. The van der Waals surface area contributed by atoms with E-state index in [-0.39, 0.29) is 17.1 Å². The van der Waals surface area contributed by atoms with Gasteiger partial charge in [0.1, 0.15) is 10.4 Å². The molecule has 1 aromatic carbocycles. The number of halogens is 1. The van der Waals surface area contributed by atoms with Crippen molar-refractivity contribution >= 4 is 40.5 Å². The Morgan fingerprint density at radius 2 is 1.91 bits per heavy atom. The van der Waals surface area contributed by atoms with Gasteiger partial charge in [-0.3, -0.25) is 9.59 Å². The van der Waals surface area contributed by atoms with E-state index in [0.717, 1.165) is 0 Å². The minimum absolute atomic E-state index is 0.198. The molecule has 0 unspecified atom stereocenters. The Labute approximate surface area is 196 Å². The van der Waals surface area contributed by atoms with Crippen LogP contribution in [0, 0.1) is 11.8 Å². The Morgan fingerprint density at radius 3 is 2.44 bits per heavy atom. The number of aromatic nitrogens is 1. The third kappa shape index (κ3) is 6.71. The average Bonchev–Trinajstić information content (AvgIpc) is 2.68. The number of carboxylic acid groups (broad SMARTS) is 1. The quantitative estimate of drug-likeness (QED) is 0.410. The molecule has 32 heavy (non-hydrogen) atoms. The summed E-state index contributed by atoms with van der Waals surface area (Å²) in [7, 11) is 0. The van der Waals surface area contributed by atoms with E-state index in [1.807, 2.05) is 0 Å². The first kappa shape index (κ1) is 25.7. The Balaban J connectivity index is 2.36. The molecular weight excluding hydrogens is 450 g/mol. The normalized spacial score (nSPS) is 14.0.